The molecule has 0 amide bonds. The number of rotatable bonds is 5. The van der Waals surface area contributed by atoms with Gasteiger partial charge in [-0.05, 0) is 42.9 Å². The van der Waals surface area contributed by atoms with E-state index in [1.807, 2.05) is 18.4 Å². The summed E-state index contributed by atoms with van der Waals surface area (Å²) in [7, 11) is 0. The monoisotopic (exact) mass is 296 g/mol. The van der Waals surface area contributed by atoms with E-state index in [4.69, 9.17) is 0 Å². The van der Waals surface area contributed by atoms with Crippen molar-refractivity contribution < 1.29 is 0 Å². The molecular formula is C18H20N2S. The van der Waals surface area contributed by atoms with Crippen molar-refractivity contribution in [2.24, 2.45) is 0 Å². The van der Waals surface area contributed by atoms with Gasteiger partial charge >= 0.3 is 0 Å². The number of nitrogens with zero attached hydrogens (tertiary/aromatic N) is 2. The topological polar surface area (TPSA) is 25.8 Å². The van der Waals surface area contributed by atoms with Crippen LogP contribution in [0.2, 0.25) is 0 Å². The highest BCUT2D eigenvalue weighted by molar-refractivity contribution is 7.98. The molecule has 0 atom stereocenters. The van der Waals surface area contributed by atoms with Gasteiger partial charge in [0.25, 0.3) is 0 Å². The van der Waals surface area contributed by atoms with E-state index in [9.17, 15) is 0 Å². The van der Waals surface area contributed by atoms with Crippen LogP contribution < -0.4 is 0 Å². The largest absolute Gasteiger partial charge is 0.149 e. The number of allylic oxidation sites excluding steroid dienone is 3. The molecule has 0 N–H and O–H groups in total. The van der Waals surface area contributed by atoms with Crippen molar-refractivity contribution in [2.75, 3.05) is 6.26 Å². The number of aromatic nitrogens is 2. The lowest BCUT2D eigenvalue weighted by atomic mass is 10.0. The molecule has 0 saturated heterocycles. The van der Waals surface area contributed by atoms with E-state index >= 15 is 0 Å². The molecule has 21 heavy (non-hydrogen) atoms. The van der Waals surface area contributed by atoms with Gasteiger partial charge in [-0.3, -0.25) is 0 Å². The van der Waals surface area contributed by atoms with Gasteiger partial charge in [-0.1, -0.05) is 49.4 Å². The van der Waals surface area contributed by atoms with Crippen LogP contribution >= 0.6 is 11.8 Å². The third-order valence-electron chi connectivity index (χ3n) is 3.38. The first-order chi connectivity index (χ1) is 10.1. The molecule has 2 rings (SSSR count). The Morgan fingerprint density at radius 1 is 1.14 bits per heavy atom. The van der Waals surface area contributed by atoms with Crippen molar-refractivity contribution >= 4 is 17.3 Å². The van der Waals surface area contributed by atoms with Gasteiger partial charge in [-0.2, -0.15) is 0 Å². The zero-order valence-corrected chi connectivity index (χ0v) is 13.6. The summed E-state index contributed by atoms with van der Waals surface area (Å²) in [6, 6.07) is 12.3. The first kappa shape index (κ1) is 15.5. The van der Waals surface area contributed by atoms with Gasteiger partial charge in [-0.15, -0.1) is 22.0 Å². The standard InChI is InChI=1S/C18H20N2S/c1-5-13(2)12-14(3)15-6-8-16(9-7-15)17-10-11-18(21-4)20-19-17/h6-12H,3,5H2,1-2,4H3/b13-12+. The first-order valence-electron chi connectivity index (χ1n) is 6.98. The minimum absolute atomic E-state index is 0.894. The third kappa shape index (κ3) is 4.05. The van der Waals surface area contributed by atoms with Crippen molar-refractivity contribution in [2.45, 2.75) is 25.3 Å². The lowest BCUT2D eigenvalue weighted by molar-refractivity contribution is 0.937. The first-order valence-corrected chi connectivity index (χ1v) is 8.21. The minimum atomic E-state index is 0.894. The van der Waals surface area contributed by atoms with Gasteiger partial charge in [0.05, 0.1) is 5.69 Å². The van der Waals surface area contributed by atoms with E-state index in [1.165, 1.54) is 5.57 Å². The summed E-state index contributed by atoms with van der Waals surface area (Å²) < 4.78 is 0. The number of thioether (sulfide) groups is 1. The highest BCUT2D eigenvalue weighted by Gasteiger charge is 2.02. The molecule has 0 unspecified atom stereocenters. The van der Waals surface area contributed by atoms with Crippen molar-refractivity contribution in [1.82, 2.24) is 10.2 Å². The maximum Gasteiger partial charge on any atom is 0.119 e. The van der Waals surface area contributed by atoms with Gasteiger partial charge in [0.1, 0.15) is 5.03 Å². The predicted molar refractivity (Wildman–Crippen MR) is 92.3 cm³/mol. The summed E-state index contributed by atoms with van der Waals surface area (Å²) in [6.45, 7) is 8.41. The maximum absolute atomic E-state index is 4.25. The van der Waals surface area contributed by atoms with Crippen LogP contribution in [0.5, 0.6) is 0 Å². The highest BCUT2D eigenvalue weighted by Crippen LogP contribution is 2.22. The average molecular weight is 296 g/mol. The van der Waals surface area contributed by atoms with E-state index in [0.29, 0.717) is 0 Å². The molecule has 3 heteroatoms. The van der Waals surface area contributed by atoms with Gasteiger partial charge in [0.2, 0.25) is 0 Å². The minimum Gasteiger partial charge on any atom is -0.149 e. The Morgan fingerprint density at radius 2 is 1.86 bits per heavy atom. The van der Waals surface area contributed by atoms with E-state index in [1.54, 1.807) is 11.8 Å². The Labute approximate surface area is 131 Å². The second kappa shape index (κ2) is 7.23. The molecule has 1 aromatic heterocycles. The molecule has 1 heterocycles. The molecule has 0 radical (unpaired) electrons. The molecule has 0 aliphatic carbocycles. The van der Waals surface area contributed by atoms with Crippen molar-refractivity contribution in [1.29, 1.82) is 0 Å². The molecule has 0 fully saturated rings. The fraction of sp³-hybridized carbons (Fsp3) is 0.222. The quantitative estimate of drug-likeness (QED) is 0.557. The van der Waals surface area contributed by atoms with E-state index in [0.717, 1.165) is 33.8 Å². The van der Waals surface area contributed by atoms with Crippen LogP contribution in [0.1, 0.15) is 25.8 Å². The zero-order chi connectivity index (χ0) is 15.2. The van der Waals surface area contributed by atoms with Crippen LogP contribution in [0, 0.1) is 0 Å². The summed E-state index contributed by atoms with van der Waals surface area (Å²) in [5, 5.41) is 9.35. The molecular weight excluding hydrogens is 276 g/mol. The fourth-order valence-electron chi connectivity index (χ4n) is 1.92. The summed E-state index contributed by atoms with van der Waals surface area (Å²) >= 11 is 1.60. The van der Waals surface area contributed by atoms with Crippen LogP contribution in [-0.2, 0) is 0 Å². The second-order valence-electron chi connectivity index (χ2n) is 4.91. The second-order valence-corrected chi connectivity index (χ2v) is 5.73. The summed E-state index contributed by atoms with van der Waals surface area (Å²) in [6.07, 6.45) is 5.19. The molecule has 0 bridgehead atoms. The van der Waals surface area contributed by atoms with Crippen molar-refractivity contribution in [3.63, 3.8) is 0 Å². The normalized spacial score (nSPS) is 11.5. The molecule has 108 valence electrons. The molecule has 0 aliphatic heterocycles. The number of hydrogen-bond acceptors (Lipinski definition) is 3. The van der Waals surface area contributed by atoms with Crippen LogP contribution in [0.15, 0.2) is 59.7 Å². The van der Waals surface area contributed by atoms with Crippen molar-refractivity contribution in [3.8, 4) is 11.3 Å². The number of hydrogen-bond donors (Lipinski definition) is 0. The third-order valence-corrected chi connectivity index (χ3v) is 4.01. The SMILES string of the molecule is C=C(/C=C(\C)CC)c1ccc(-c2ccc(SC)nn2)cc1. The van der Waals surface area contributed by atoms with Gasteiger partial charge in [0, 0.05) is 5.56 Å². The Morgan fingerprint density at radius 3 is 2.38 bits per heavy atom. The molecule has 0 aliphatic rings. The van der Waals surface area contributed by atoms with Crippen molar-refractivity contribution in [3.05, 3.63) is 60.2 Å². The molecule has 2 nitrogen and oxygen atoms in total. The van der Waals surface area contributed by atoms with E-state index < -0.39 is 0 Å². The average Bonchev–Trinajstić information content (AvgIpc) is 2.55. The lowest BCUT2D eigenvalue weighted by Gasteiger charge is -2.05. The molecule has 0 saturated carbocycles. The Kier molecular flexibility index (Phi) is 5.34. The van der Waals surface area contributed by atoms with E-state index in [2.05, 4.69) is 61.0 Å². The van der Waals surface area contributed by atoms with Crippen LogP contribution in [0.25, 0.3) is 16.8 Å². The predicted octanol–water partition coefficient (Wildman–Crippen LogP) is 5.24. The van der Waals surface area contributed by atoms with Gasteiger partial charge < -0.3 is 0 Å². The molecule has 2 aromatic rings. The summed E-state index contributed by atoms with van der Waals surface area (Å²) in [4.78, 5) is 0. The van der Waals surface area contributed by atoms with Gasteiger partial charge in [-0.25, -0.2) is 0 Å². The Balaban J connectivity index is 2.20. The van der Waals surface area contributed by atoms with Crippen LogP contribution in [0.3, 0.4) is 0 Å². The Hall–Kier alpha value is -1.87. The summed E-state index contributed by atoms with van der Waals surface area (Å²) in [5.41, 5.74) is 5.49. The fourth-order valence-corrected chi connectivity index (χ4v) is 2.25. The van der Waals surface area contributed by atoms with E-state index in [-0.39, 0.29) is 0 Å². The molecule has 1 aromatic carbocycles. The lowest BCUT2D eigenvalue weighted by Crippen LogP contribution is -1.89. The van der Waals surface area contributed by atoms with Gasteiger partial charge in [0.15, 0.2) is 0 Å². The smallest absolute Gasteiger partial charge is 0.119 e. The van der Waals surface area contributed by atoms with Crippen LogP contribution in [0.4, 0.5) is 0 Å². The zero-order valence-electron chi connectivity index (χ0n) is 12.8. The Bertz CT molecular complexity index is 640. The number of benzene rings is 1. The highest BCUT2D eigenvalue weighted by atomic mass is 32.2. The summed E-state index contributed by atoms with van der Waals surface area (Å²) in [5.74, 6) is 0. The van der Waals surface area contributed by atoms with Crippen LogP contribution in [-0.4, -0.2) is 16.5 Å². The maximum atomic E-state index is 4.25. The molecule has 0 spiro atoms.